The topological polar surface area (TPSA) is 71.2 Å². The largest absolute Gasteiger partial charge is 0.354 e. The number of carbonyl (C=O) groups excluding carboxylic acids is 1. The van der Waals surface area contributed by atoms with E-state index >= 15 is 0 Å². The number of nitrogens with two attached hydrogens (primary N) is 1. The summed E-state index contributed by atoms with van der Waals surface area (Å²) in [5.74, 6) is 1.26. The van der Waals surface area contributed by atoms with Crippen molar-refractivity contribution >= 4 is 11.7 Å². The summed E-state index contributed by atoms with van der Waals surface area (Å²) in [6.45, 7) is 3.66. The van der Waals surface area contributed by atoms with Crippen LogP contribution in [0.5, 0.6) is 0 Å². The highest BCUT2D eigenvalue weighted by Gasteiger charge is 2.41. The van der Waals surface area contributed by atoms with E-state index in [9.17, 15) is 4.79 Å². The van der Waals surface area contributed by atoms with Crippen molar-refractivity contribution in [1.29, 1.82) is 0 Å². The predicted octanol–water partition coefficient (Wildman–Crippen LogP) is 0.816. The van der Waals surface area contributed by atoms with Gasteiger partial charge < -0.3 is 16.0 Å². The zero-order valence-corrected chi connectivity index (χ0v) is 11.2. The Balaban J connectivity index is 1.88. The van der Waals surface area contributed by atoms with Crippen molar-refractivity contribution in [3.8, 4) is 0 Å². The smallest absolute Gasteiger partial charge is 0.225 e. The van der Waals surface area contributed by atoms with E-state index in [0.29, 0.717) is 0 Å². The zero-order chi connectivity index (χ0) is 13.4. The monoisotopic (exact) mass is 260 g/mol. The average molecular weight is 260 g/mol. The first-order chi connectivity index (χ1) is 9.16. The molecule has 3 unspecified atom stereocenters. The van der Waals surface area contributed by atoms with Gasteiger partial charge in [-0.2, -0.15) is 0 Å². The number of hydrogen-bond donors (Lipinski definition) is 2. The molecule has 3 heterocycles. The Labute approximate surface area is 113 Å². The molecule has 0 spiro atoms. The van der Waals surface area contributed by atoms with Crippen molar-refractivity contribution in [3.05, 3.63) is 23.9 Å². The van der Waals surface area contributed by atoms with Gasteiger partial charge in [0.15, 0.2) is 0 Å². The molecule has 0 saturated carbocycles. The molecule has 0 bridgehead atoms. The van der Waals surface area contributed by atoms with Gasteiger partial charge in [-0.1, -0.05) is 0 Å². The second kappa shape index (κ2) is 4.81. The Morgan fingerprint density at radius 3 is 3.21 bits per heavy atom. The van der Waals surface area contributed by atoms with Gasteiger partial charge in [-0.05, 0) is 37.5 Å². The lowest BCUT2D eigenvalue weighted by atomic mass is 9.91. The molecule has 2 fully saturated rings. The highest BCUT2D eigenvalue weighted by Crippen LogP contribution is 2.31. The third-order valence-corrected chi connectivity index (χ3v) is 4.19. The van der Waals surface area contributed by atoms with Crippen LogP contribution in [0.4, 0.5) is 5.82 Å². The van der Waals surface area contributed by atoms with Crippen LogP contribution in [0.3, 0.4) is 0 Å². The number of amides is 1. The number of rotatable bonds is 2. The SMILES string of the molecule is CC(N)c1ccnc(N2CCCC3C(=O)NCC32)c1. The molecule has 102 valence electrons. The summed E-state index contributed by atoms with van der Waals surface area (Å²) < 4.78 is 0. The van der Waals surface area contributed by atoms with Crippen molar-refractivity contribution in [2.24, 2.45) is 11.7 Å². The Morgan fingerprint density at radius 1 is 1.58 bits per heavy atom. The predicted molar refractivity (Wildman–Crippen MR) is 73.7 cm³/mol. The van der Waals surface area contributed by atoms with E-state index in [4.69, 9.17) is 5.73 Å². The third kappa shape index (κ3) is 2.18. The zero-order valence-electron chi connectivity index (χ0n) is 11.2. The maximum atomic E-state index is 11.8. The van der Waals surface area contributed by atoms with Gasteiger partial charge >= 0.3 is 0 Å². The molecular formula is C14H20N4O. The maximum Gasteiger partial charge on any atom is 0.225 e. The van der Waals surface area contributed by atoms with Crippen molar-refractivity contribution in [1.82, 2.24) is 10.3 Å². The molecule has 19 heavy (non-hydrogen) atoms. The number of anilines is 1. The number of hydrogen-bond acceptors (Lipinski definition) is 4. The number of nitrogens with one attached hydrogen (secondary N) is 1. The standard InChI is InChI=1S/C14H20N4O/c1-9(15)10-4-5-16-13(7-10)18-6-2-3-11-12(18)8-17-14(11)19/h4-5,7,9,11-12H,2-3,6,8,15H2,1H3,(H,17,19). The van der Waals surface area contributed by atoms with Gasteiger partial charge in [-0.15, -0.1) is 0 Å². The van der Waals surface area contributed by atoms with Crippen LogP contribution < -0.4 is 16.0 Å². The molecule has 1 aromatic rings. The van der Waals surface area contributed by atoms with Crippen LogP contribution in [0.15, 0.2) is 18.3 Å². The summed E-state index contributed by atoms with van der Waals surface area (Å²) in [6.07, 6.45) is 3.83. The molecular weight excluding hydrogens is 240 g/mol. The van der Waals surface area contributed by atoms with Crippen LogP contribution in [0.25, 0.3) is 0 Å². The molecule has 3 rings (SSSR count). The quantitative estimate of drug-likeness (QED) is 0.825. The fourth-order valence-electron chi connectivity index (χ4n) is 3.11. The van der Waals surface area contributed by atoms with E-state index in [1.165, 1.54) is 0 Å². The Bertz CT molecular complexity index is 488. The van der Waals surface area contributed by atoms with E-state index in [2.05, 4.69) is 21.3 Å². The highest BCUT2D eigenvalue weighted by atomic mass is 16.2. The number of nitrogens with zero attached hydrogens (tertiary/aromatic N) is 2. The third-order valence-electron chi connectivity index (χ3n) is 4.19. The first-order valence-corrected chi connectivity index (χ1v) is 6.92. The van der Waals surface area contributed by atoms with E-state index in [1.807, 2.05) is 19.2 Å². The Kier molecular flexibility index (Phi) is 3.14. The maximum absolute atomic E-state index is 11.8. The summed E-state index contributed by atoms with van der Waals surface area (Å²) in [4.78, 5) is 18.5. The highest BCUT2D eigenvalue weighted by molar-refractivity contribution is 5.83. The van der Waals surface area contributed by atoms with Crippen LogP contribution in [-0.2, 0) is 4.79 Å². The van der Waals surface area contributed by atoms with Crippen molar-refractivity contribution in [2.75, 3.05) is 18.0 Å². The minimum absolute atomic E-state index is 0.00525. The molecule has 0 radical (unpaired) electrons. The van der Waals surface area contributed by atoms with Gasteiger partial charge in [-0.3, -0.25) is 4.79 Å². The van der Waals surface area contributed by atoms with E-state index in [-0.39, 0.29) is 23.9 Å². The molecule has 2 saturated heterocycles. The molecule has 0 aliphatic carbocycles. The van der Waals surface area contributed by atoms with Gasteiger partial charge in [-0.25, -0.2) is 4.98 Å². The van der Waals surface area contributed by atoms with Gasteiger partial charge in [0.2, 0.25) is 5.91 Å². The lowest BCUT2D eigenvalue weighted by molar-refractivity contribution is -0.122. The summed E-state index contributed by atoms with van der Waals surface area (Å²) in [7, 11) is 0. The number of aromatic nitrogens is 1. The Morgan fingerprint density at radius 2 is 2.42 bits per heavy atom. The molecule has 5 heteroatoms. The van der Waals surface area contributed by atoms with Crippen LogP contribution in [0, 0.1) is 5.92 Å². The van der Waals surface area contributed by atoms with E-state index < -0.39 is 0 Å². The molecule has 2 aliphatic rings. The van der Waals surface area contributed by atoms with Gasteiger partial charge in [0.25, 0.3) is 0 Å². The first kappa shape index (κ1) is 12.4. The van der Waals surface area contributed by atoms with Crippen molar-refractivity contribution in [2.45, 2.75) is 31.8 Å². The van der Waals surface area contributed by atoms with Crippen LogP contribution in [-0.4, -0.2) is 30.0 Å². The second-order valence-electron chi connectivity index (χ2n) is 5.49. The number of piperidine rings is 1. The van der Waals surface area contributed by atoms with E-state index in [0.717, 1.165) is 37.3 Å². The van der Waals surface area contributed by atoms with Crippen molar-refractivity contribution in [3.63, 3.8) is 0 Å². The molecule has 2 aliphatic heterocycles. The summed E-state index contributed by atoms with van der Waals surface area (Å²) in [5.41, 5.74) is 7.02. The molecule has 5 nitrogen and oxygen atoms in total. The van der Waals surface area contributed by atoms with Crippen LogP contribution >= 0.6 is 0 Å². The second-order valence-corrected chi connectivity index (χ2v) is 5.49. The van der Waals surface area contributed by atoms with Crippen LogP contribution in [0.1, 0.15) is 31.4 Å². The molecule has 3 atom stereocenters. The van der Waals surface area contributed by atoms with Crippen LogP contribution in [0.2, 0.25) is 0 Å². The Hall–Kier alpha value is -1.62. The van der Waals surface area contributed by atoms with Gasteiger partial charge in [0.1, 0.15) is 5.82 Å². The minimum Gasteiger partial charge on any atom is -0.354 e. The summed E-state index contributed by atoms with van der Waals surface area (Å²) >= 11 is 0. The molecule has 0 aromatic carbocycles. The molecule has 1 aromatic heterocycles. The lowest BCUT2D eigenvalue weighted by Gasteiger charge is -2.37. The first-order valence-electron chi connectivity index (χ1n) is 6.92. The minimum atomic E-state index is 0.00525. The van der Waals surface area contributed by atoms with Gasteiger partial charge in [0.05, 0.1) is 12.0 Å². The number of pyridine rings is 1. The van der Waals surface area contributed by atoms with Crippen molar-refractivity contribution < 1.29 is 4.79 Å². The lowest BCUT2D eigenvalue weighted by Crippen LogP contribution is -2.46. The number of carbonyl (C=O) groups is 1. The van der Waals surface area contributed by atoms with E-state index in [1.54, 1.807) is 0 Å². The normalized spacial score (nSPS) is 27.9. The summed E-state index contributed by atoms with van der Waals surface area (Å²) in [6, 6.07) is 4.26. The number of fused-ring (bicyclic) bond motifs is 1. The molecule has 1 amide bonds. The molecule has 3 N–H and O–H groups in total. The fraction of sp³-hybridized carbons (Fsp3) is 0.571. The average Bonchev–Trinajstić information content (AvgIpc) is 2.81. The summed E-state index contributed by atoms with van der Waals surface area (Å²) in [5, 5.41) is 2.97. The van der Waals surface area contributed by atoms with Gasteiger partial charge in [0, 0.05) is 25.3 Å². The fourth-order valence-corrected chi connectivity index (χ4v) is 3.11.